The molecule has 2 fully saturated rings. The molecular formula is C24H26Cl2N2O3. The molecule has 1 N–H and O–H groups in total. The van der Waals surface area contributed by atoms with E-state index in [0.29, 0.717) is 27.5 Å². The lowest BCUT2D eigenvalue weighted by atomic mass is 9.90. The molecule has 7 heteroatoms. The van der Waals surface area contributed by atoms with E-state index in [-0.39, 0.29) is 23.8 Å². The number of benzene rings is 2. The number of rotatable bonds is 7. The normalized spacial score (nSPS) is 24.5. The monoisotopic (exact) mass is 460 g/mol. The minimum absolute atomic E-state index is 0.0254. The highest BCUT2D eigenvalue weighted by molar-refractivity contribution is 6.35. The number of hydrazone groups is 1. The molecule has 0 radical (unpaired) electrons. The Morgan fingerprint density at radius 1 is 1.23 bits per heavy atom. The van der Waals surface area contributed by atoms with Crippen LogP contribution >= 0.6 is 23.2 Å². The summed E-state index contributed by atoms with van der Waals surface area (Å²) in [6.45, 7) is 2.52. The number of hydrogen-bond donors (Lipinski definition) is 1. The predicted octanol–water partition coefficient (Wildman–Crippen LogP) is 5.86. The van der Waals surface area contributed by atoms with Crippen molar-refractivity contribution in [2.24, 2.45) is 22.4 Å². The first-order valence-electron chi connectivity index (χ1n) is 10.5. The van der Waals surface area contributed by atoms with Crippen LogP contribution in [0.2, 0.25) is 10.0 Å². The first kappa shape index (κ1) is 22.0. The molecule has 0 spiro atoms. The van der Waals surface area contributed by atoms with Gasteiger partial charge < -0.3 is 9.47 Å². The van der Waals surface area contributed by atoms with Gasteiger partial charge >= 0.3 is 0 Å². The Hall–Kier alpha value is -2.24. The summed E-state index contributed by atoms with van der Waals surface area (Å²) >= 11 is 12.1. The third-order valence-corrected chi connectivity index (χ3v) is 7.18. The van der Waals surface area contributed by atoms with Gasteiger partial charge in [0.05, 0.1) is 13.3 Å². The number of ether oxygens (including phenoxy) is 2. The molecule has 0 bridgehead atoms. The molecule has 1 amide bonds. The van der Waals surface area contributed by atoms with Crippen molar-refractivity contribution >= 4 is 35.3 Å². The molecule has 2 saturated carbocycles. The van der Waals surface area contributed by atoms with E-state index in [1.165, 1.54) is 12.8 Å². The van der Waals surface area contributed by atoms with Crippen LogP contribution in [-0.4, -0.2) is 19.2 Å². The van der Waals surface area contributed by atoms with Crippen LogP contribution < -0.4 is 14.9 Å². The average Bonchev–Trinajstić information content (AvgIpc) is 3.39. The van der Waals surface area contributed by atoms with Crippen LogP contribution in [-0.2, 0) is 11.4 Å². The number of nitrogens with zero attached hydrogens (tertiary/aromatic N) is 1. The fourth-order valence-corrected chi connectivity index (χ4v) is 5.23. The van der Waals surface area contributed by atoms with Gasteiger partial charge in [-0.3, -0.25) is 4.79 Å². The standard InChI is InChI=1S/C24H26Cl2N2O3/c1-24-10-4-3-5-18(24)22(24)23(29)28-27-13-15-6-9-20(21(11-15)30-2)31-14-16-7-8-17(25)12-19(16)26/h6-9,11-13,18,22H,3-5,10,14H2,1-2H3,(H,28,29)/b27-13+/t18-,22-,24+/m0/s1. The van der Waals surface area contributed by atoms with Gasteiger partial charge in [-0.25, -0.2) is 5.43 Å². The molecule has 2 aliphatic rings. The highest BCUT2D eigenvalue weighted by Crippen LogP contribution is 2.66. The zero-order chi connectivity index (χ0) is 22.0. The highest BCUT2D eigenvalue weighted by atomic mass is 35.5. The van der Waals surface area contributed by atoms with Crippen LogP contribution in [0.3, 0.4) is 0 Å². The zero-order valence-corrected chi connectivity index (χ0v) is 19.2. The first-order chi connectivity index (χ1) is 14.9. The maximum atomic E-state index is 12.5. The minimum atomic E-state index is 0.0254. The molecule has 2 aromatic carbocycles. The Bertz CT molecular complexity index is 1010. The van der Waals surface area contributed by atoms with E-state index in [1.54, 1.807) is 25.5 Å². The first-order valence-corrected chi connectivity index (χ1v) is 11.3. The van der Waals surface area contributed by atoms with E-state index >= 15 is 0 Å². The molecule has 0 aromatic heterocycles. The Balaban J connectivity index is 1.36. The second kappa shape index (κ2) is 9.09. The third-order valence-electron chi connectivity index (χ3n) is 6.59. The van der Waals surface area contributed by atoms with Gasteiger partial charge in [0.1, 0.15) is 6.61 Å². The Labute approximate surface area is 192 Å². The Morgan fingerprint density at radius 2 is 2.06 bits per heavy atom. The fourth-order valence-electron chi connectivity index (χ4n) is 4.77. The van der Waals surface area contributed by atoms with Gasteiger partial charge in [-0.2, -0.15) is 5.10 Å². The molecule has 2 aliphatic carbocycles. The number of hydrogen-bond acceptors (Lipinski definition) is 4. The van der Waals surface area contributed by atoms with Crippen molar-refractivity contribution in [3.05, 3.63) is 57.6 Å². The SMILES string of the molecule is COc1cc(/C=N/NC(=O)[C@@H]2[C@@H]3CCCC[C@@]23C)ccc1OCc1ccc(Cl)cc1Cl. The summed E-state index contributed by atoms with van der Waals surface area (Å²) in [5.41, 5.74) is 4.52. The van der Waals surface area contributed by atoms with Crippen molar-refractivity contribution in [3.8, 4) is 11.5 Å². The molecule has 31 heavy (non-hydrogen) atoms. The van der Waals surface area contributed by atoms with Crippen molar-refractivity contribution in [1.29, 1.82) is 0 Å². The summed E-state index contributed by atoms with van der Waals surface area (Å²) < 4.78 is 11.3. The largest absolute Gasteiger partial charge is 0.493 e. The van der Waals surface area contributed by atoms with E-state index in [2.05, 4.69) is 17.5 Å². The predicted molar refractivity (Wildman–Crippen MR) is 123 cm³/mol. The van der Waals surface area contributed by atoms with Crippen LogP contribution in [0.1, 0.15) is 43.7 Å². The molecule has 0 aliphatic heterocycles. The Morgan fingerprint density at radius 3 is 2.77 bits per heavy atom. The molecule has 4 rings (SSSR count). The topological polar surface area (TPSA) is 59.9 Å². The molecule has 0 saturated heterocycles. The van der Waals surface area contributed by atoms with Gasteiger partial charge in [-0.05, 0) is 60.1 Å². The summed E-state index contributed by atoms with van der Waals surface area (Å²) in [6, 6.07) is 10.8. The maximum Gasteiger partial charge on any atom is 0.244 e. The van der Waals surface area contributed by atoms with Gasteiger partial charge in [0, 0.05) is 21.5 Å². The van der Waals surface area contributed by atoms with Crippen molar-refractivity contribution in [2.45, 2.75) is 39.2 Å². The molecule has 5 nitrogen and oxygen atoms in total. The lowest BCUT2D eigenvalue weighted by molar-refractivity contribution is -0.123. The van der Waals surface area contributed by atoms with Crippen LogP contribution in [0.25, 0.3) is 0 Å². The zero-order valence-electron chi connectivity index (χ0n) is 17.7. The van der Waals surface area contributed by atoms with Crippen molar-refractivity contribution in [3.63, 3.8) is 0 Å². The number of fused-ring (bicyclic) bond motifs is 1. The van der Waals surface area contributed by atoms with Gasteiger partial charge in [-0.15, -0.1) is 0 Å². The summed E-state index contributed by atoms with van der Waals surface area (Å²) in [7, 11) is 1.58. The smallest absolute Gasteiger partial charge is 0.244 e. The fraction of sp³-hybridized carbons (Fsp3) is 0.417. The van der Waals surface area contributed by atoms with Crippen LogP contribution in [0, 0.1) is 17.3 Å². The average molecular weight is 461 g/mol. The van der Waals surface area contributed by atoms with Gasteiger partial charge in [-0.1, -0.05) is 49.0 Å². The summed E-state index contributed by atoms with van der Waals surface area (Å²) in [6.07, 6.45) is 6.36. The number of amides is 1. The Kier molecular flexibility index (Phi) is 6.44. The van der Waals surface area contributed by atoms with E-state index in [4.69, 9.17) is 32.7 Å². The summed E-state index contributed by atoms with van der Waals surface area (Å²) in [4.78, 5) is 12.5. The molecule has 3 atom stereocenters. The molecule has 0 heterocycles. The van der Waals surface area contributed by atoms with E-state index in [9.17, 15) is 4.79 Å². The van der Waals surface area contributed by atoms with Crippen LogP contribution in [0.4, 0.5) is 0 Å². The molecule has 164 valence electrons. The van der Waals surface area contributed by atoms with E-state index in [0.717, 1.165) is 24.0 Å². The maximum absolute atomic E-state index is 12.5. The minimum Gasteiger partial charge on any atom is -0.493 e. The number of nitrogens with one attached hydrogen (secondary N) is 1. The van der Waals surface area contributed by atoms with Crippen LogP contribution in [0.15, 0.2) is 41.5 Å². The lowest BCUT2D eigenvalue weighted by Crippen LogP contribution is -2.22. The third kappa shape index (κ3) is 4.68. The highest BCUT2D eigenvalue weighted by Gasteiger charge is 2.64. The van der Waals surface area contributed by atoms with Gasteiger partial charge in [0.25, 0.3) is 0 Å². The number of carbonyl (C=O) groups excluding carboxylic acids is 1. The number of halogens is 2. The van der Waals surface area contributed by atoms with Gasteiger partial charge in [0.2, 0.25) is 5.91 Å². The molecule has 0 unspecified atom stereocenters. The van der Waals surface area contributed by atoms with Crippen molar-refractivity contribution in [2.75, 3.05) is 7.11 Å². The summed E-state index contributed by atoms with van der Waals surface area (Å²) in [5.74, 6) is 1.79. The van der Waals surface area contributed by atoms with E-state index in [1.807, 2.05) is 24.3 Å². The summed E-state index contributed by atoms with van der Waals surface area (Å²) in [5, 5.41) is 5.29. The number of carbonyl (C=O) groups is 1. The number of methoxy groups -OCH3 is 1. The van der Waals surface area contributed by atoms with Crippen LogP contribution in [0.5, 0.6) is 11.5 Å². The second-order valence-electron chi connectivity index (χ2n) is 8.50. The lowest BCUT2D eigenvalue weighted by Gasteiger charge is -2.15. The quantitative estimate of drug-likeness (QED) is 0.415. The molecular weight excluding hydrogens is 435 g/mol. The van der Waals surface area contributed by atoms with Gasteiger partial charge in [0.15, 0.2) is 11.5 Å². The molecule has 2 aromatic rings. The van der Waals surface area contributed by atoms with Crippen molar-refractivity contribution < 1.29 is 14.3 Å². The van der Waals surface area contributed by atoms with Crippen molar-refractivity contribution in [1.82, 2.24) is 5.43 Å². The second-order valence-corrected chi connectivity index (χ2v) is 9.35. The van der Waals surface area contributed by atoms with E-state index < -0.39 is 0 Å².